The molecule has 3 rings (SSSR count). The second-order valence-corrected chi connectivity index (χ2v) is 10.4. The van der Waals surface area contributed by atoms with Crippen molar-refractivity contribution in [2.45, 2.75) is 97.2 Å². The van der Waals surface area contributed by atoms with Crippen LogP contribution in [0.1, 0.15) is 67.2 Å². The molecule has 0 saturated heterocycles. The maximum atomic E-state index is 12.1. The average Bonchev–Trinajstić information content (AvgIpc) is 2.87. The lowest BCUT2D eigenvalue weighted by Gasteiger charge is -2.50. The van der Waals surface area contributed by atoms with E-state index >= 15 is 0 Å². The Morgan fingerprint density at radius 2 is 1.71 bits per heavy atom. The zero-order valence-corrected chi connectivity index (χ0v) is 19.4. The van der Waals surface area contributed by atoms with Gasteiger partial charge in [-0.25, -0.2) is 0 Å². The van der Waals surface area contributed by atoms with Gasteiger partial charge in [0.05, 0.1) is 11.7 Å². The van der Waals surface area contributed by atoms with Crippen LogP contribution in [0.15, 0.2) is 23.3 Å². The first-order valence-corrected chi connectivity index (χ1v) is 11.0. The second-order valence-electron chi connectivity index (χ2n) is 10.4. The van der Waals surface area contributed by atoms with Crippen LogP contribution < -0.4 is 0 Å². The molecule has 0 aromatic rings. The van der Waals surface area contributed by atoms with Crippen LogP contribution in [0.5, 0.6) is 0 Å². The highest BCUT2D eigenvalue weighted by Crippen LogP contribution is 2.64. The maximum Gasteiger partial charge on any atom is 0.303 e. The Hall–Kier alpha value is -1.70. The lowest BCUT2D eigenvalue weighted by atomic mass is 9.57. The first-order valence-electron chi connectivity index (χ1n) is 11.0. The third-order valence-corrected chi connectivity index (χ3v) is 8.14. The highest BCUT2D eigenvalue weighted by molar-refractivity contribution is 5.67. The van der Waals surface area contributed by atoms with Crippen molar-refractivity contribution in [3.05, 3.63) is 23.3 Å². The van der Waals surface area contributed by atoms with Crippen molar-refractivity contribution in [1.82, 2.24) is 0 Å². The van der Waals surface area contributed by atoms with E-state index in [1.165, 1.54) is 13.8 Å². The normalized spacial score (nSPS) is 40.7. The number of hydrogen-bond acceptors (Lipinski definition) is 7. The lowest BCUT2D eigenvalue weighted by molar-refractivity contribution is -0.166. The summed E-state index contributed by atoms with van der Waals surface area (Å²) in [6, 6.07) is 0. The molecule has 3 aliphatic carbocycles. The van der Waals surface area contributed by atoms with Gasteiger partial charge >= 0.3 is 11.9 Å². The molecule has 0 radical (unpaired) electrons. The fourth-order valence-corrected chi connectivity index (χ4v) is 6.41. The van der Waals surface area contributed by atoms with E-state index in [0.29, 0.717) is 42.4 Å². The molecule has 2 saturated carbocycles. The standard InChI is InChI=1S/C24H36O7/c1-12-16-10-24(22(5,6)29)11-18(30-14(3)25)13(2)19(24)20(28)21(31-15(4)26)23(16,7)9-8-17(12)27/h16-18,20-21,27-29H,1,8-11H2,2-7H3/t16-,17+,18+,20-,21+,23-,24+/m1/s1. The summed E-state index contributed by atoms with van der Waals surface area (Å²) in [5, 5.41) is 33.7. The van der Waals surface area contributed by atoms with Crippen LogP contribution in [-0.2, 0) is 19.1 Å². The highest BCUT2D eigenvalue weighted by atomic mass is 16.6. The number of carbonyl (C=O) groups is 2. The van der Waals surface area contributed by atoms with Gasteiger partial charge in [-0.15, -0.1) is 0 Å². The van der Waals surface area contributed by atoms with Crippen LogP contribution in [0, 0.1) is 16.7 Å². The number of hydrogen-bond donors (Lipinski definition) is 3. The molecule has 0 aromatic carbocycles. The van der Waals surface area contributed by atoms with Gasteiger partial charge in [0.15, 0.2) is 0 Å². The van der Waals surface area contributed by atoms with E-state index in [0.717, 1.165) is 0 Å². The summed E-state index contributed by atoms with van der Waals surface area (Å²) >= 11 is 0. The second kappa shape index (κ2) is 7.71. The zero-order valence-electron chi connectivity index (χ0n) is 19.4. The SMILES string of the molecule is C=C1[C@H]2C[C@]3(C(C)(C)O)C[C@H](OC(C)=O)C(C)=C3[C@@H](O)[C@H](OC(C)=O)[C@]2(C)CC[C@@H]1O. The van der Waals surface area contributed by atoms with Crippen molar-refractivity contribution in [1.29, 1.82) is 0 Å². The quantitative estimate of drug-likeness (QED) is 0.460. The Morgan fingerprint density at radius 1 is 1.13 bits per heavy atom. The number of aliphatic hydroxyl groups is 3. The van der Waals surface area contributed by atoms with Crippen LogP contribution >= 0.6 is 0 Å². The molecule has 0 heterocycles. The number of ether oxygens (including phenoxy) is 2. The highest BCUT2D eigenvalue weighted by Gasteiger charge is 2.65. The molecule has 0 aromatic heterocycles. The third-order valence-electron chi connectivity index (χ3n) is 8.14. The van der Waals surface area contributed by atoms with Crippen LogP contribution in [-0.4, -0.2) is 57.3 Å². The van der Waals surface area contributed by atoms with E-state index in [-0.39, 0.29) is 5.92 Å². The molecule has 31 heavy (non-hydrogen) atoms. The van der Waals surface area contributed by atoms with Crippen LogP contribution in [0.3, 0.4) is 0 Å². The topological polar surface area (TPSA) is 113 Å². The predicted molar refractivity (Wildman–Crippen MR) is 114 cm³/mol. The fraction of sp³-hybridized carbons (Fsp3) is 0.750. The Kier molecular flexibility index (Phi) is 5.96. The van der Waals surface area contributed by atoms with Gasteiger partial charge in [0, 0.05) is 31.1 Å². The smallest absolute Gasteiger partial charge is 0.303 e. The predicted octanol–water partition coefficient (Wildman–Crippen LogP) is 2.43. The van der Waals surface area contributed by atoms with Crippen molar-refractivity contribution in [3.8, 4) is 0 Å². The van der Waals surface area contributed by atoms with Gasteiger partial charge in [0.2, 0.25) is 0 Å². The van der Waals surface area contributed by atoms with Crippen molar-refractivity contribution >= 4 is 11.9 Å². The van der Waals surface area contributed by atoms with Gasteiger partial charge in [-0.3, -0.25) is 9.59 Å². The number of carbonyl (C=O) groups excluding carboxylic acids is 2. The minimum Gasteiger partial charge on any atom is -0.459 e. The first-order chi connectivity index (χ1) is 14.2. The molecule has 7 heteroatoms. The van der Waals surface area contributed by atoms with Gasteiger partial charge in [0.1, 0.15) is 18.3 Å². The van der Waals surface area contributed by atoms with Gasteiger partial charge in [-0.2, -0.15) is 0 Å². The number of rotatable bonds is 3. The Balaban J connectivity index is 2.27. The summed E-state index contributed by atoms with van der Waals surface area (Å²) in [5.41, 5.74) is -1.04. The van der Waals surface area contributed by atoms with Crippen molar-refractivity contribution in [2.24, 2.45) is 16.7 Å². The van der Waals surface area contributed by atoms with Crippen molar-refractivity contribution in [2.75, 3.05) is 0 Å². The molecule has 0 spiro atoms. The molecule has 0 unspecified atom stereocenters. The van der Waals surface area contributed by atoms with E-state index in [2.05, 4.69) is 6.58 Å². The zero-order chi connectivity index (χ0) is 23.5. The van der Waals surface area contributed by atoms with E-state index in [1.54, 1.807) is 20.8 Å². The van der Waals surface area contributed by atoms with Gasteiger partial charge < -0.3 is 24.8 Å². The van der Waals surface area contributed by atoms with Crippen LogP contribution in [0.2, 0.25) is 0 Å². The Morgan fingerprint density at radius 3 is 2.23 bits per heavy atom. The summed E-state index contributed by atoms with van der Waals surface area (Å²) < 4.78 is 11.3. The molecule has 2 fully saturated rings. The molecule has 0 amide bonds. The molecular formula is C24H36O7. The number of aliphatic hydroxyl groups excluding tert-OH is 2. The summed E-state index contributed by atoms with van der Waals surface area (Å²) in [6.07, 6.45) is -1.69. The molecule has 7 atom stereocenters. The van der Waals surface area contributed by atoms with Gasteiger partial charge in [0.25, 0.3) is 0 Å². The monoisotopic (exact) mass is 436 g/mol. The molecule has 0 aliphatic heterocycles. The lowest BCUT2D eigenvalue weighted by Crippen LogP contribution is -2.51. The first kappa shape index (κ1) is 24.0. The molecular weight excluding hydrogens is 400 g/mol. The minimum absolute atomic E-state index is 0.303. The minimum atomic E-state index is -1.28. The summed E-state index contributed by atoms with van der Waals surface area (Å²) in [7, 11) is 0. The molecule has 174 valence electrons. The van der Waals surface area contributed by atoms with Crippen LogP contribution in [0.25, 0.3) is 0 Å². The maximum absolute atomic E-state index is 12.1. The van der Waals surface area contributed by atoms with E-state index in [4.69, 9.17) is 9.47 Å². The molecule has 3 aliphatic rings. The summed E-state index contributed by atoms with van der Waals surface area (Å²) in [4.78, 5) is 23.8. The third kappa shape index (κ3) is 3.64. The average molecular weight is 437 g/mol. The number of esters is 2. The molecule has 0 bridgehead atoms. The van der Waals surface area contributed by atoms with Crippen molar-refractivity contribution in [3.63, 3.8) is 0 Å². The van der Waals surface area contributed by atoms with Gasteiger partial charge in [-0.1, -0.05) is 13.5 Å². The molecule has 7 nitrogen and oxygen atoms in total. The van der Waals surface area contributed by atoms with Gasteiger partial charge in [-0.05, 0) is 62.7 Å². The Bertz CT molecular complexity index is 822. The Labute approximate surface area is 184 Å². The van der Waals surface area contributed by atoms with E-state index < -0.39 is 52.8 Å². The molecule has 3 N–H and O–H groups in total. The van der Waals surface area contributed by atoms with Crippen LogP contribution in [0.4, 0.5) is 0 Å². The summed E-state index contributed by atoms with van der Waals surface area (Å²) in [5.74, 6) is -1.27. The largest absolute Gasteiger partial charge is 0.459 e. The van der Waals surface area contributed by atoms with E-state index in [9.17, 15) is 24.9 Å². The van der Waals surface area contributed by atoms with E-state index in [1.807, 2.05) is 6.92 Å². The fourth-order valence-electron chi connectivity index (χ4n) is 6.41. The van der Waals surface area contributed by atoms with Crippen molar-refractivity contribution < 1.29 is 34.4 Å². The number of fused-ring (bicyclic) bond motifs is 2. The summed E-state index contributed by atoms with van der Waals surface area (Å²) in [6.45, 7) is 13.9.